The summed E-state index contributed by atoms with van der Waals surface area (Å²) >= 11 is 0. The number of hydrogen-bond acceptors (Lipinski definition) is 6. The molecular formula is C22H23N3O5. The van der Waals surface area contributed by atoms with Crippen molar-refractivity contribution in [2.75, 3.05) is 6.61 Å². The average molecular weight is 409 g/mol. The molecule has 0 aliphatic heterocycles. The molecule has 1 heterocycles. The number of nitrogens with zero attached hydrogens (tertiary/aromatic N) is 2. The fraction of sp³-hybridized carbons (Fsp3) is 0.318. The van der Waals surface area contributed by atoms with Gasteiger partial charge in [0.25, 0.3) is 5.69 Å². The molecule has 1 N–H and O–H groups in total. The zero-order valence-electron chi connectivity index (χ0n) is 17.5. The van der Waals surface area contributed by atoms with Crippen LogP contribution >= 0.6 is 0 Å². The van der Waals surface area contributed by atoms with Crippen molar-refractivity contribution >= 4 is 23.5 Å². The van der Waals surface area contributed by atoms with E-state index < -0.39 is 16.7 Å². The van der Waals surface area contributed by atoms with Crippen LogP contribution in [0.5, 0.6) is 0 Å². The third-order valence-corrected chi connectivity index (χ3v) is 4.69. The number of ether oxygens (including phenoxy) is 1. The van der Waals surface area contributed by atoms with Gasteiger partial charge in [-0.2, -0.15) is 5.26 Å². The lowest BCUT2D eigenvalue weighted by atomic mass is 9.97. The first-order valence-electron chi connectivity index (χ1n) is 9.43. The number of allylic oxidation sites excluding steroid dienone is 1. The van der Waals surface area contributed by atoms with E-state index in [0.717, 1.165) is 0 Å². The van der Waals surface area contributed by atoms with Crippen LogP contribution in [-0.4, -0.2) is 28.3 Å². The number of aryl methyl sites for hydroxylation is 1. The van der Waals surface area contributed by atoms with Gasteiger partial charge in [0.1, 0.15) is 11.6 Å². The minimum Gasteiger partial charge on any atom is -0.462 e. The summed E-state index contributed by atoms with van der Waals surface area (Å²) in [6.45, 7) is 8.81. The van der Waals surface area contributed by atoms with E-state index in [4.69, 9.17) is 4.74 Å². The molecule has 0 spiro atoms. The van der Waals surface area contributed by atoms with Crippen LogP contribution in [-0.2, 0) is 4.74 Å². The lowest BCUT2D eigenvalue weighted by molar-refractivity contribution is -0.385. The number of H-pyrrole nitrogens is 1. The van der Waals surface area contributed by atoms with Gasteiger partial charge in [-0.1, -0.05) is 26.0 Å². The lowest BCUT2D eigenvalue weighted by Gasteiger charge is -2.07. The number of aromatic nitrogens is 1. The van der Waals surface area contributed by atoms with E-state index in [1.165, 1.54) is 12.1 Å². The summed E-state index contributed by atoms with van der Waals surface area (Å²) in [5.74, 6) is -1.21. The minimum absolute atomic E-state index is 0.0497. The maximum absolute atomic E-state index is 12.9. The van der Waals surface area contributed by atoms with Crippen molar-refractivity contribution < 1.29 is 19.2 Å². The Morgan fingerprint density at radius 1 is 1.33 bits per heavy atom. The number of Topliss-reactive ketones (excluding diaryl/α,β-unsaturated/α-hetero) is 1. The van der Waals surface area contributed by atoms with Crippen LogP contribution in [0.3, 0.4) is 0 Å². The Kier molecular flexibility index (Phi) is 6.90. The van der Waals surface area contributed by atoms with E-state index in [-0.39, 0.29) is 35.0 Å². The Morgan fingerprint density at radius 3 is 2.53 bits per heavy atom. The molecule has 8 nitrogen and oxygen atoms in total. The third kappa shape index (κ3) is 4.46. The molecule has 1 aromatic carbocycles. The fourth-order valence-corrected chi connectivity index (χ4v) is 3.23. The van der Waals surface area contributed by atoms with Crippen molar-refractivity contribution in [3.63, 3.8) is 0 Å². The van der Waals surface area contributed by atoms with Gasteiger partial charge in [0.15, 0.2) is 0 Å². The van der Waals surface area contributed by atoms with Crippen molar-refractivity contribution in [1.82, 2.24) is 4.98 Å². The topological polar surface area (TPSA) is 126 Å². The zero-order valence-corrected chi connectivity index (χ0v) is 17.5. The highest BCUT2D eigenvalue weighted by Gasteiger charge is 2.25. The first-order valence-corrected chi connectivity index (χ1v) is 9.43. The van der Waals surface area contributed by atoms with Crippen molar-refractivity contribution in [1.29, 1.82) is 5.26 Å². The van der Waals surface area contributed by atoms with Crippen molar-refractivity contribution in [2.45, 2.75) is 40.5 Å². The number of nitro benzene ring substituents is 1. The van der Waals surface area contributed by atoms with Crippen molar-refractivity contribution in [2.24, 2.45) is 0 Å². The number of esters is 1. The molecule has 0 saturated carbocycles. The molecule has 30 heavy (non-hydrogen) atoms. The molecule has 0 unspecified atom stereocenters. The summed E-state index contributed by atoms with van der Waals surface area (Å²) in [5, 5.41) is 20.9. The van der Waals surface area contributed by atoms with Crippen LogP contribution in [0.15, 0.2) is 23.8 Å². The molecule has 0 amide bonds. The van der Waals surface area contributed by atoms with Gasteiger partial charge >= 0.3 is 5.97 Å². The molecule has 0 fully saturated rings. The van der Waals surface area contributed by atoms with Gasteiger partial charge in [0.2, 0.25) is 5.78 Å². The van der Waals surface area contributed by atoms with Gasteiger partial charge in [0.05, 0.1) is 22.8 Å². The summed E-state index contributed by atoms with van der Waals surface area (Å²) in [5.41, 5.74) is 1.87. The predicted octanol–water partition coefficient (Wildman–Crippen LogP) is 4.63. The first-order chi connectivity index (χ1) is 14.1. The molecule has 2 aromatic rings. The largest absolute Gasteiger partial charge is 0.462 e. The number of ketones is 1. The number of carbonyl (C=O) groups excluding carboxylic acids is 2. The van der Waals surface area contributed by atoms with E-state index in [2.05, 4.69) is 4.98 Å². The number of hydrogen-bond donors (Lipinski definition) is 1. The second-order valence-corrected chi connectivity index (χ2v) is 7.07. The van der Waals surface area contributed by atoms with Gasteiger partial charge in [0, 0.05) is 17.3 Å². The van der Waals surface area contributed by atoms with Crippen molar-refractivity contribution in [3.8, 4) is 6.07 Å². The molecule has 0 bridgehead atoms. The predicted molar refractivity (Wildman–Crippen MR) is 111 cm³/mol. The number of nitrogens with one attached hydrogen (secondary N) is 1. The Labute approximate surface area is 174 Å². The third-order valence-electron chi connectivity index (χ3n) is 4.69. The minimum atomic E-state index is -0.607. The summed E-state index contributed by atoms with van der Waals surface area (Å²) in [6, 6.07) is 6.45. The zero-order chi connectivity index (χ0) is 22.6. The lowest BCUT2D eigenvalue weighted by Crippen LogP contribution is -2.08. The Bertz CT molecular complexity index is 1090. The Balaban J connectivity index is 2.50. The second-order valence-electron chi connectivity index (χ2n) is 7.07. The molecule has 156 valence electrons. The Morgan fingerprint density at radius 2 is 2.00 bits per heavy atom. The fourth-order valence-electron chi connectivity index (χ4n) is 3.23. The molecule has 0 aliphatic rings. The highest BCUT2D eigenvalue weighted by molar-refractivity contribution is 6.15. The molecule has 2 rings (SSSR count). The van der Waals surface area contributed by atoms with Gasteiger partial charge in [-0.3, -0.25) is 14.9 Å². The van der Waals surface area contributed by atoms with Gasteiger partial charge in [-0.05, 0) is 43.9 Å². The number of benzene rings is 1. The van der Waals surface area contributed by atoms with E-state index in [9.17, 15) is 25.0 Å². The molecule has 8 heteroatoms. The second kappa shape index (κ2) is 9.18. The average Bonchev–Trinajstić information content (AvgIpc) is 2.99. The van der Waals surface area contributed by atoms with Gasteiger partial charge in [-0.15, -0.1) is 0 Å². The molecule has 0 radical (unpaired) electrons. The number of nitriles is 1. The molecule has 0 aliphatic carbocycles. The highest BCUT2D eigenvalue weighted by atomic mass is 16.6. The van der Waals surface area contributed by atoms with Gasteiger partial charge in [-0.25, -0.2) is 4.79 Å². The summed E-state index contributed by atoms with van der Waals surface area (Å²) in [7, 11) is 0. The molecule has 0 atom stereocenters. The standard InChI is InChI=1S/C22H23N3O5/c1-6-30-22(27)19-13(4)20(24-14(19)5)21(26)16(11-23)9-15-7-8-17(12(2)3)18(10-15)25(28)29/h7-10,12,24H,6H2,1-5H3/b16-9+. The number of aromatic amines is 1. The number of nitro groups is 1. The van der Waals surface area contributed by atoms with Gasteiger partial charge < -0.3 is 9.72 Å². The molecule has 0 saturated heterocycles. The smallest absolute Gasteiger partial charge is 0.340 e. The maximum atomic E-state index is 12.9. The van der Waals surface area contributed by atoms with E-state index >= 15 is 0 Å². The molecular weight excluding hydrogens is 386 g/mol. The first kappa shape index (κ1) is 22.6. The normalized spacial score (nSPS) is 11.3. The molecule has 1 aromatic heterocycles. The van der Waals surface area contributed by atoms with E-state index in [0.29, 0.717) is 22.4 Å². The quantitative estimate of drug-likeness (QED) is 0.177. The summed E-state index contributed by atoms with van der Waals surface area (Å²) < 4.78 is 5.02. The summed E-state index contributed by atoms with van der Waals surface area (Å²) in [4.78, 5) is 38.8. The van der Waals surface area contributed by atoms with E-state index in [1.54, 1.807) is 32.9 Å². The van der Waals surface area contributed by atoms with Crippen molar-refractivity contribution in [3.05, 3.63) is 67.5 Å². The van der Waals surface area contributed by atoms with Crippen LogP contribution in [0, 0.1) is 35.3 Å². The summed E-state index contributed by atoms with van der Waals surface area (Å²) in [6.07, 6.45) is 1.30. The number of rotatable bonds is 7. The maximum Gasteiger partial charge on any atom is 0.340 e. The Hall–Kier alpha value is -3.73. The number of carbonyl (C=O) groups is 2. The van der Waals surface area contributed by atoms with E-state index in [1.807, 2.05) is 19.9 Å². The van der Waals surface area contributed by atoms with Crippen LogP contribution in [0.4, 0.5) is 5.69 Å². The van der Waals surface area contributed by atoms with Crippen LogP contribution in [0.1, 0.15) is 69.9 Å². The van der Waals surface area contributed by atoms with Crippen LogP contribution < -0.4 is 0 Å². The monoisotopic (exact) mass is 409 g/mol. The van der Waals surface area contributed by atoms with Crippen LogP contribution in [0.2, 0.25) is 0 Å². The van der Waals surface area contributed by atoms with Crippen LogP contribution in [0.25, 0.3) is 6.08 Å². The highest BCUT2D eigenvalue weighted by Crippen LogP contribution is 2.29. The SMILES string of the molecule is CCOC(=O)c1c(C)[nH]c(C(=O)/C(C#N)=C/c2ccc(C(C)C)c([N+](=O)[O-])c2)c1C.